The average Bonchev–Trinajstić information content (AvgIpc) is 2.50. The summed E-state index contributed by atoms with van der Waals surface area (Å²) in [5.41, 5.74) is -0.501. The van der Waals surface area contributed by atoms with Crippen molar-refractivity contribution in [2.45, 2.75) is 24.4 Å². The molecule has 1 saturated heterocycles. The van der Waals surface area contributed by atoms with Crippen molar-refractivity contribution in [3.8, 4) is 0 Å². The van der Waals surface area contributed by atoms with Gasteiger partial charge in [0.25, 0.3) is 0 Å². The monoisotopic (exact) mass is 299 g/mol. The van der Waals surface area contributed by atoms with E-state index in [4.69, 9.17) is 0 Å². The Balaban J connectivity index is 2.01. The molecule has 0 aromatic heterocycles. The second kappa shape index (κ2) is 5.71. The number of hydrogen-bond donors (Lipinski definition) is 2. The van der Waals surface area contributed by atoms with E-state index in [2.05, 4.69) is 4.90 Å². The SMILES string of the molecule is CN1CCC(O)(C(C(=O)O)c2ccc3ccccc3c2)CC1. The highest BCUT2D eigenvalue weighted by Crippen LogP contribution is 2.37. The molecule has 1 heterocycles. The highest BCUT2D eigenvalue weighted by molar-refractivity contribution is 5.86. The van der Waals surface area contributed by atoms with Crippen molar-refractivity contribution in [3.63, 3.8) is 0 Å². The number of likely N-dealkylation sites (tertiary alicyclic amines) is 1. The number of aliphatic hydroxyl groups is 1. The molecule has 0 saturated carbocycles. The van der Waals surface area contributed by atoms with Gasteiger partial charge in [0.15, 0.2) is 0 Å². The molecule has 0 spiro atoms. The Bertz CT molecular complexity index is 690. The third-order valence-electron chi connectivity index (χ3n) is 4.74. The largest absolute Gasteiger partial charge is 0.481 e. The van der Waals surface area contributed by atoms with Crippen molar-refractivity contribution in [1.82, 2.24) is 4.90 Å². The van der Waals surface area contributed by atoms with Crippen molar-refractivity contribution < 1.29 is 15.0 Å². The molecule has 1 fully saturated rings. The smallest absolute Gasteiger partial charge is 0.313 e. The average molecular weight is 299 g/mol. The summed E-state index contributed by atoms with van der Waals surface area (Å²) >= 11 is 0. The van der Waals surface area contributed by atoms with Crippen LogP contribution in [0.5, 0.6) is 0 Å². The highest BCUT2D eigenvalue weighted by atomic mass is 16.4. The van der Waals surface area contributed by atoms with E-state index < -0.39 is 17.5 Å². The van der Waals surface area contributed by atoms with Gasteiger partial charge in [-0.15, -0.1) is 0 Å². The number of nitrogens with zero attached hydrogens (tertiary/aromatic N) is 1. The van der Waals surface area contributed by atoms with Crippen LogP contribution in [0.2, 0.25) is 0 Å². The summed E-state index contributed by atoms with van der Waals surface area (Å²) < 4.78 is 0. The second-order valence-electron chi connectivity index (χ2n) is 6.28. The predicted octanol–water partition coefficient (Wildman–Crippen LogP) is 2.46. The van der Waals surface area contributed by atoms with E-state index in [1.165, 1.54) is 0 Å². The first-order valence-corrected chi connectivity index (χ1v) is 7.62. The molecule has 0 aliphatic carbocycles. The molecule has 2 aromatic rings. The first kappa shape index (κ1) is 15.0. The van der Waals surface area contributed by atoms with Gasteiger partial charge in [0.2, 0.25) is 0 Å². The van der Waals surface area contributed by atoms with Crippen LogP contribution in [0, 0.1) is 0 Å². The first-order chi connectivity index (χ1) is 10.5. The van der Waals surface area contributed by atoms with Crippen LogP contribution in [0.1, 0.15) is 24.3 Å². The number of aliphatic carboxylic acids is 1. The van der Waals surface area contributed by atoms with Gasteiger partial charge in [-0.05, 0) is 36.2 Å². The molecule has 1 aliphatic heterocycles. The van der Waals surface area contributed by atoms with Crippen molar-refractivity contribution >= 4 is 16.7 Å². The number of fused-ring (bicyclic) bond motifs is 1. The number of carboxylic acid groups (broad SMARTS) is 1. The molecule has 4 heteroatoms. The van der Waals surface area contributed by atoms with E-state index in [-0.39, 0.29) is 0 Å². The Hall–Kier alpha value is -1.91. The molecule has 0 bridgehead atoms. The molecule has 3 rings (SSSR count). The van der Waals surface area contributed by atoms with Gasteiger partial charge in [0.1, 0.15) is 5.92 Å². The molecular weight excluding hydrogens is 278 g/mol. The summed E-state index contributed by atoms with van der Waals surface area (Å²) in [7, 11) is 1.99. The maximum Gasteiger partial charge on any atom is 0.313 e. The standard InChI is InChI=1S/C18H21NO3/c1-19-10-8-18(22,9-11-19)16(17(20)21)15-7-6-13-4-2-3-5-14(13)12-15/h2-7,12,16,22H,8-11H2,1H3,(H,20,21). The molecule has 22 heavy (non-hydrogen) atoms. The quantitative estimate of drug-likeness (QED) is 0.914. The van der Waals surface area contributed by atoms with Crippen LogP contribution >= 0.6 is 0 Å². The number of piperidine rings is 1. The van der Waals surface area contributed by atoms with Gasteiger partial charge in [0, 0.05) is 13.1 Å². The highest BCUT2D eigenvalue weighted by Gasteiger charge is 2.44. The Labute approximate surface area is 130 Å². The normalized spacial score (nSPS) is 19.9. The molecule has 1 atom stereocenters. The summed E-state index contributed by atoms with van der Waals surface area (Å²) in [6.45, 7) is 1.43. The van der Waals surface area contributed by atoms with Crippen molar-refractivity contribution in [2.24, 2.45) is 0 Å². The molecule has 1 aliphatic rings. The Morgan fingerprint density at radius 1 is 1.14 bits per heavy atom. The fourth-order valence-electron chi connectivity index (χ4n) is 3.36. The molecule has 0 amide bonds. The molecule has 1 unspecified atom stereocenters. The fraction of sp³-hybridized carbons (Fsp3) is 0.389. The molecule has 4 nitrogen and oxygen atoms in total. The maximum atomic E-state index is 11.8. The third-order valence-corrected chi connectivity index (χ3v) is 4.74. The van der Waals surface area contributed by atoms with E-state index >= 15 is 0 Å². The predicted molar refractivity (Wildman–Crippen MR) is 86.0 cm³/mol. The number of rotatable bonds is 3. The van der Waals surface area contributed by atoms with Gasteiger partial charge in [0.05, 0.1) is 5.60 Å². The van der Waals surface area contributed by atoms with Gasteiger partial charge in [-0.25, -0.2) is 0 Å². The fourth-order valence-corrected chi connectivity index (χ4v) is 3.36. The van der Waals surface area contributed by atoms with E-state index in [1.54, 1.807) is 0 Å². The van der Waals surface area contributed by atoms with Crippen LogP contribution < -0.4 is 0 Å². The minimum Gasteiger partial charge on any atom is -0.481 e. The van der Waals surface area contributed by atoms with Crippen LogP contribution in [0.4, 0.5) is 0 Å². The van der Waals surface area contributed by atoms with Gasteiger partial charge < -0.3 is 15.1 Å². The molecular formula is C18H21NO3. The molecule has 0 radical (unpaired) electrons. The third kappa shape index (κ3) is 2.72. The van der Waals surface area contributed by atoms with Crippen LogP contribution in [0.3, 0.4) is 0 Å². The minimum atomic E-state index is -1.18. The van der Waals surface area contributed by atoms with Crippen LogP contribution in [-0.4, -0.2) is 46.8 Å². The van der Waals surface area contributed by atoms with E-state index in [0.29, 0.717) is 31.5 Å². The number of carboxylic acids is 1. The summed E-state index contributed by atoms with van der Waals surface area (Å²) in [5, 5.41) is 22.7. The lowest BCUT2D eigenvalue weighted by Gasteiger charge is -2.40. The maximum absolute atomic E-state index is 11.8. The Morgan fingerprint density at radius 2 is 1.77 bits per heavy atom. The van der Waals surface area contributed by atoms with Gasteiger partial charge >= 0.3 is 5.97 Å². The van der Waals surface area contributed by atoms with Crippen molar-refractivity contribution in [1.29, 1.82) is 0 Å². The summed E-state index contributed by atoms with van der Waals surface area (Å²) in [5.74, 6) is -1.84. The zero-order valence-corrected chi connectivity index (χ0v) is 12.7. The van der Waals surface area contributed by atoms with Crippen LogP contribution in [0.25, 0.3) is 10.8 Å². The summed E-state index contributed by atoms with van der Waals surface area (Å²) in [4.78, 5) is 14.0. The minimum absolute atomic E-state index is 0.479. The topological polar surface area (TPSA) is 60.8 Å². The summed E-state index contributed by atoms with van der Waals surface area (Å²) in [6.07, 6.45) is 0.959. The molecule has 2 aromatic carbocycles. The zero-order chi connectivity index (χ0) is 15.7. The lowest BCUT2D eigenvalue weighted by Crippen LogP contribution is -2.49. The second-order valence-corrected chi connectivity index (χ2v) is 6.28. The number of hydrogen-bond acceptors (Lipinski definition) is 3. The van der Waals surface area contributed by atoms with Gasteiger partial charge in [-0.3, -0.25) is 4.79 Å². The van der Waals surface area contributed by atoms with Gasteiger partial charge in [-0.1, -0.05) is 42.5 Å². The van der Waals surface area contributed by atoms with E-state index in [9.17, 15) is 15.0 Å². The van der Waals surface area contributed by atoms with Crippen LogP contribution in [-0.2, 0) is 4.79 Å². The number of carbonyl (C=O) groups is 1. The molecule has 2 N–H and O–H groups in total. The van der Waals surface area contributed by atoms with Crippen molar-refractivity contribution in [3.05, 3.63) is 48.0 Å². The lowest BCUT2D eigenvalue weighted by atomic mass is 9.75. The van der Waals surface area contributed by atoms with E-state index in [1.807, 2.05) is 49.5 Å². The first-order valence-electron chi connectivity index (χ1n) is 7.62. The number of benzene rings is 2. The zero-order valence-electron chi connectivity index (χ0n) is 12.7. The Kier molecular flexibility index (Phi) is 3.89. The lowest BCUT2D eigenvalue weighted by molar-refractivity contribution is -0.148. The summed E-state index contributed by atoms with van der Waals surface area (Å²) in [6, 6.07) is 13.5. The van der Waals surface area contributed by atoms with Crippen molar-refractivity contribution in [2.75, 3.05) is 20.1 Å². The molecule has 116 valence electrons. The van der Waals surface area contributed by atoms with E-state index in [0.717, 1.165) is 10.8 Å². The van der Waals surface area contributed by atoms with Crippen LogP contribution in [0.15, 0.2) is 42.5 Å². The van der Waals surface area contributed by atoms with Gasteiger partial charge in [-0.2, -0.15) is 0 Å². The Morgan fingerprint density at radius 3 is 2.41 bits per heavy atom.